The molecule has 1 heterocycles. The van der Waals surface area contributed by atoms with Crippen molar-refractivity contribution in [3.8, 4) is 0 Å². The van der Waals surface area contributed by atoms with E-state index in [1.165, 1.54) is 4.31 Å². The van der Waals surface area contributed by atoms with Gasteiger partial charge in [0, 0.05) is 47.6 Å². The Morgan fingerprint density at radius 1 is 0.960 bits per heavy atom. The minimum Gasteiger partial charge on any atom is -0.399 e. The van der Waals surface area contributed by atoms with Crippen LogP contribution in [0.25, 0.3) is 0 Å². The van der Waals surface area contributed by atoms with Crippen LogP contribution in [0, 0.1) is 6.92 Å². The maximum atomic E-state index is 12.8. The van der Waals surface area contributed by atoms with E-state index in [0.717, 1.165) is 11.3 Å². The Balaban J connectivity index is 1.76. The number of benzene rings is 2. The first-order chi connectivity index (χ1) is 11.8. The van der Waals surface area contributed by atoms with Crippen molar-refractivity contribution in [3.63, 3.8) is 0 Å². The number of sulfonamides is 1. The summed E-state index contributed by atoms with van der Waals surface area (Å²) in [7, 11) is -3.52. The second-order valence-electron chi connectivity index (χ2n) is 6.04. The smallest absolute Gasteiger partial charge is 0.243 e. The number of hydrogen-bond acceptors (Lipinski definition) is 4. The van der Waals surface area contributed by atoms with Gasteiger partial charge in [-0.3, -0.25) is 0 Å². The molecule has 2 aromatic rings. The third-order valence-electron chi connectivity index (χ3n) is 4.33. The van der Waals surface area contributed by atoms with Gasteiger partial charge in [-0.2, -0.15) is 4.31 Å². The number of anilines is 2. The molecule has 3 rings (SSSR count). The molecule has 8 heteroatoms. The molecule has 1 aliphatic rings. The van der Waals surface area contributed by atoms with Crippen LogP contribution < -0.4 is 10.6 Å². The van der Waals surface area contributed by atoms with Gasteiger partial charge in [-0.1, -0.05) is 23.2 Å². The number of piperazine rings is 1. The fourth-order valence-corrected chi connectivity index (χ4v) is 4.89. The minimum atomic E-state index is -3.52. The molecule has 1 fully saturated rings. The molecule has 0 bridgehead atoms. The number of aryl methyl sites for hydroxylation is 1. The Labute approximate surface area is 158 Å². The number of nitrogen functional groups attached to an aromatic ring is 1. The predicted octanol–water partition coefficient (Wildman–Crippen LogP) is 3.39. The molecule has 2 N–H and O–H groups in total. The van der Waals surface area contributed by atoms with Crippen molar-refractivity contribution in [1.29, 1.82) is 0 Å². The average Bonchev–Trinajstić information content (AvgIpc) is 2.56. The van der Waals surface area contributed by atoms with Gasteiger partial charge in [0.15, 0.2) is 0 Å². The molecule has 25 heavy (non-hydrogen) atoms. The molecular formula is C17H19Cl2N3O2S. The molecule has 1 saturated heterocycles. The van der Waals surface area contributed by atoms with Gasteiger partial charge >= 0.3 is 0 Å². The Bertz CT molecular complexity index is 875. The molecule has 0 amide bonds. The number of halogens is 2. The third-order valence-corrected chi connectivity index (χ3v) is 6.66. The van der Waals surface area contributed by atoms with E-state index in [-0.39, 0.29) is 4.90 Å². The lowest BCUT2D eigenvalue weighted by Gasteiger charge is -2.35. The second-order valence-corrected chi connectivity index (χ2v) is 8.85. The van der Waals surface area contributed by atoms with Crippen LogP contribution in [-0.2, 0) is 10.0 Å². The lowest BCUT2D eigenvalue weighted by atomic mass is 10.2. The molecule has 0 unspecified atom stereocenters. The quantitative estimate of drug-likeness (QED) is 0.803. The van der Waals surface area contributed by atoms with Crippen molar-refractivity contribution in [2.45, 2.75) is 11.8 Å². The largest absolute Gasteiger partial charge is 0.399 e. The van der Waals surface area contributed by atoms with Crippen LogP contribution >= 0.6 is 23.2 Å². The van der Waals surface area contributed by atoms with E-state index in [2.05, 4.69) is 4.90 Å². The summed E-state index contributed by atoms with van der Waals surface area (Å²) in [6.07, 6.45) is 0. The van der Waals surface area contributed by atoms with Gasteiger partial charge in [-0.15, -0.1) is 0 Å². The summed E-state index contributed by atoms with van der Waals surface area (Å²) >= 11 is 12.1. The maximum Gasteiger partial charge on any atom is 0.243 e. The van der Waals surface area contributed by atoms with Gasteiger partial charge in [-0.25, -0.2) is 8.42 Å². The molecule has 0 radical (unpaired) electrons. The van der Waals surface area contributed by atoms with Gasteiger partial charge in [0.1, 0.15) is 0 Å². The van der Waals surface area contributed by atoms with Crippen molar-refractivity contribution in [1.82, 2.24) is 4.31 Å². The highest BCUT2D eigenvalue weighted by molar-refractivity contribution is 7.89. The normalized spacial score (nSPS) is 16.2. The fraction of sp³-hybridized carbons (Fsp3) is 0.294. The topological polar surface area (TPSA) is 66.6 Å². The number of nitrogens with zero attached hydrogens (tertiary/aromatic N) is 2. The average molecular weight is 400 g/mol. The highest BCUT2D eigenvalue weighted by atomic mass is 35.5. The van der Waals surface area contributed by atoms with Gasteiger partial charge in [0.2, 0.25) is 10.0 Å². The van der Waals surface area contributed by atoms with Crippen molar-refractivity contribution in [2.24, 2.45) is 0 Å². The van der Waals surface area contributed by atoms with E-state index in [9.17, 15) is 8.42 Å². The first-order valence-corrected chi connectivity index (χ1v) is 10.0. The molecule has 0 aliphatic carbocycles. The van der Waals surface area contributed by atoms with Crippen LogP contribution in [0.4, 0.5) is 11.4 Å². The van der Waals surface area contributed by atoms with E-state index >= 15 is 0 Å². The molecule has 0 spiro atoms. The predicted molar refractivity (Wildman–Crippen MR) is 103 cm³/mol. The Hall–Kier alpha value is -1.47. The summed E-state index contributed by atoms with van der Waals surface area (Å²) in [5.41, 5.74) is 8.02. The van der Waals surface area contributed by atoms with Crippen molar-refractivity contribution in [2.75, 3.05) is 36.8 Å². The van der Waals surface area contributed by atoms with Gasteiger partial charge < -0.3 is 10.6 Å². The monoisotopic (exact) mass is 399 g/mol. The lowest BCUT2D eigenvalue weighted by molar-refractivity contribution is 0.385. The van der Waals surface area contributed by atoms with Crippen LogP contribution in [0.1, 0.15) is 5.56 Å². The van der Waals surface area contributed by atoms with E-state index < -0.39 is 10.0 Å². The number of nitrogens with two attached hydrogens (primary N) is 1. The van der Waals surface area contributed by atoms with Crippen LogP contribution in [0.5, 0.6) is 0 Å². The first-order valence-electron chi connectivity index (χ1n) is 7.85. The standard InChI is InChI=1S/C17H19Cl2N3O2S/c1-12-8-16(2-3-17(12)20)25(23,24)22-6-4-21(5-7-22)15-10-13(18)9-14(19)11-15/h2-3,8-11H,4-7,20H2,1H3. The van der Waals surface area contributed by atoms with Crippen LogP contribution in [-0.4, -0.2) is 38.9 Å². The number of hydrogen-bond donors (Lipinski definition) is 1. The lowest BCUT2D eigenvalue weighted by Crippen LogP contribution is -2.48. The van der Waals surface area contributed by atoms with Crippen molar-refractivity contribution in [3.05, 3.63) is 52.0 Å². The second kappa shape index (κ2) is 7.03. The Morgan fingerprint density at radius 2 is 1.56 bits per heavy atom. The Morgan fingerprint density at radius 3 is 2.12 bits per heavy atom. The van der Waals surface area contributed by atoms with Crippen LogP contribution in [0.3, 0.4) is 0 Å². The van der Waals surface area contributed by atoms with Crippen molar-refractivity contribution >= 4 is 44.6 Å². The molecule has 1 aliphatic heterocycles. The summed E-state index contributed by atoms with van der Waals surface area (Å²) < 4.78 is 27.2. The van der Waals surface area contributed by atoms with E-state index in [0.29, 0.717) is 41.9 Å². The zero-order valence-corrected chi connectivity index (χ0v) is 16.1. The minimum absolute atomic E-state index is 0.276. The van der Waals surface area contributed by atoms with Gasteiger partial charge in [-0.05, 0) is 48.9 Å². The first kappa shape index (κ1) is 18.3. The van der Waals surface area contributed by atoms with E-state index in [1.54, 1.807) is 31.2 Å². The maximum absolute atomic E-state index is 12.8. The van der Waals surface area contributed by atoms with Crippen LogP contribution in [0.15, 0.2) is 41.3 Å². The highest BCUT2D eigenvalue weighted by Gasteiger charge is 2.29. The molecule has 5 nitrogen and oxygen atoms in total. The summed E-state index contributed by atoms with van der Waals surface area (Å²) in [4.78, 5) is 2.36. The zero-order valence-electron chi connectivity index (χ0n) is 13.7. The zero-order chi connectivity index (χ0) is 18.2. The van der Waals surface area contributed by atoms with Crippen LogP contribution in [0.2, 0.25) is 10.0 Å². The van der Waals surface area contributed by atoms with E-state index in [4.69, 9.17) is 28.9 Å². The third kappa shape index (κ3) is 3.87. The Kier molecular flexibility index (Phi) is 5.16. The molecule has 134 valence electrons. The molecule has 0 saturated carbocycles. The van der Waals surface area contributed by atoms with Gasteiger partial charge in [0.25, 0.3) is 0 Å². The molecular weight excluding hydrogens is 381 g/mol. The van der Waals surface area contributed by atoms with Crippen molar-refractivity contribution < 1.29 is 8.42 Å². The molecule has 2 aromatic carbocycles. The summed E-state index contributed by atoms with van der Waals surface area (Å²) in [5.74, 6) is 0. The number of rotatable bonds is 3. The molecule has 0 atom stereocenters. The summed E-state index contributed by atoms with van der Waals surface area (Å²) in [5, 5.41) is 1.13. The SMILES string of the molecule is Cc1cc(S(=O)(=O)N2CCN(c3cc(Cl)cc(Cl)c3)CC2)ccc1N. The fourth-order valence-electron chi connectivity index (χ4n) is 2.87. The summed E-state index contributed by atoms with van der Waals surface area (Å²) in [6, 6.07) is 10.2. The van der Waals surface area contributed by atoms with Gasteiger partial charge in [0.05, 0.1) is 4.90 Å². The highest BCUT2D eigenvalue weighted by Crippen LogP contribution is 2.27. The van der Waals surface area contributed by atoms with E-state index in [1.807, 2.05) is 12.1 Å². The molecule has 0 aromatic heterocycles. The summed E-state index contributed by atoms with van der Waals surface area (Å²) in [6.45, 7) is 3.74.